The summed E-state index contributed by atoms with van der Waals surface area (Å²) in [6.07, 6.45) is 1.76. The first kappa shape index (κ1) is 7.98. The molecule has 1 aromatic carbocycles. The summed E-state index contributed by atoms with van der Waals surface area (Å²) >= 11 is 0. The number of aromatic nitrogens is 3. The molecule has 3 heteroatoms. The Balaban J connectivity index is 2.59. The fourth-order valence-corrected chi connectivity index (χ4v) is 1.33. The number of rotatable bonds is 1. The summed E-state index contributed by atoms with van der Waals surface area (Å²) in [5, 5.41) is 7.87. The predicted molar refractivity (Wildman–Crippen MR) is 50.8 cm³/mol. The molecule has 0 aliphatic rings. The average Bonchev–Trinajstić information content (AvgIpc) is 2.52. The van der Waals surface area contributed by atoms with Gasteiger partial charge in [0.1, 0.15) is 0 Å². The first-order chi connectivity index (χ1) is 6.29. The largest absolute Gasteiger partial charge is 0.218 e. The van der Waals surface area contributed by atoms with Crippen molar-refractivity contribution in [1.29, 1.82) is 0 Å². The molecule has 3 nitrogen and oxygen atoms in total. The maximum atomic E-state index is 4.01. The van der Waals surface area contributed by atoms with Crippen molar-refractivity contribution >= 4 is 0 Å². The van der Waals surface area contributed by atoms with E-state index in [1.807, 2.05) is 29.8 Å². The van der Waals surface area contributed by atoms with Crippen LogP contribution in [0.1, 0.15) is 11.3 Å². The molecule has 2 rings (SSSR count). The van der Waals surface area contributed by atoms with Gasteiger partial charge in [-0.25, -0.2) is 4.68 Å². The monoisotopic (exact) mass is 173 g/mol. The molecule has 0 aliphatic heterocycles. The van der Waals surface area contributed by atoms with E-state index in [1.165, 1.54) is 5.56 Å². The summed E-state index contributed by atoms with van der Waals surface area (Å²) in [5.41, 5.74) is 3.35. The van der Waals surface area contributed by atoms with Crippen LogP contribution in [0.3, 0.4) is 0 Å². The topological polar surface area (TPSA) is 30.7 Å². The van der Waals surface area contributed by atoms with E-state index >= 15 is 0 Å². The Bertz CT molecular complexity index is 418. The van der Waals surface area contributed by atoms with Gasteiger partial charge in [0.25, 0.3) is 0 Å². The van der Waals surface area contributed by atoms with E-state index < -0.39 is 0 Å². The highest BCUT2D eigenvalue weighted by atomic mass is 15.4. The fourth-order valence-electron chi connectivity index (χ4n) is 1.33. The molecule has 0 fully saturated rings. The Hall–Kier alpha value is -1.64. The Labute approximate surface area is 77.0 Å². The molecule has 1 heterocycles. The highest BCUT2D eigenvalue weighted by Crippen LogP contribution is 2.12. The van der Waals surface area contributed by atoms with E-state index in [4.69, 9.17) is 0 Å². The minimum Gasteiger partial charge on any atom is -0.218 e. The smallest absolute Gasteiger partial charge is 0.0726 e. The Morgan fingerprint density at radius 3 is 2.54 bits per heavy atom. The van der Waals surface area contributed by atoms with Crippen molar-refractivity contribution in [2.24, 2.45) is 0 Å². The molecule has 0 spiro atoms. The lowest BCUT2D eigenvalue weighted by Gasteiger charge is -2.05. The summed E-state index contributed by atoms with van der Waals surface area (Å²) in [7, 11) is 0. The lowest BCUT2D eigenvalue weighted by atomic mass is 10.2. The number of nitrogens with zero attached hydrogens (tertiary/aromatic N) is 3. The molecule has 0 bridgehead atoms. The number of benzene rings is 1. The third kappa shape index (κ3) is 1.33. The summed E-state index contributed by atoms with van der Waals surface area (Å²) in [6.45, 7) is 4.06. The summed E-state index contributed by atoms with van der Waals surface area (Å²) in [6, 6.07) is 8.13. The molecule has 66 valence electrons. The van der Waals surface area contributed by atoms with Crippen LogP contribution in [0.4, 0.5) is 0 Å². The van der Waals surface area contributed by atoms with Gasteiger partial charge in [-0.1, -0.05) is 23.4 Å². The number of hydrogen-bond acceptors (Lipinski definition) is 2. The minimum atomic E-state index is 1.05. The van der Waals surface area contributed by atoms with E-state index in [0.717, 1.165) is 11.4 Å². The highest BCUT2D eigenvalue weighted by Gasteiger charge is 2.03. The fraction of sp³-hybridized carbons (Fsp3) is 0.200. The summed E-state index contributed by atoms with van der Waals surface area (Å²) in [4.78, 5) is 0. The standard InChI is InChI=1S/C10H11N3/c1-8-5-3-4-6-10(8)13-9(2)7-11-12-13/h3-7H,1-2H3. The Morgan fingerprint density at radius 1 is 1.15 bits per heavy atom. The molecule has 0 atom stereocenters. The number of aryl methyl sites for hydroxylation is 2. The molecule has 1 aromatic heterocycles. The average molecular weight is 173 g/mol. The van der Waals surface area contributed by atoms with Crippen LogP contribution >= 0.6 is 0 Å². The summed E-state index contributed by atoms with van der Waals surface area (Å²) < 4.78 is 1.84. The van der Waals surface area contributed by atoms with Crippen LogP contribution in [0.15, 0.2) is 30.5 Å². The molecular weight excluding hydrogens is 162 g/mol. The second-order valence-corrected chi connectivity index (χ2v) is 3.07. The lowest BCUT2D eigenvalue weighted by molar-refractivity contribution is 0.780. The molecule has 0 unspecified atom stereocenters. The molecular formula is C10H11N3. The molecule has 13 heavy (non-hydrogen) atoms. The third-order valence-electron chi connectivity index (χ3n) is 2.06. The molecule has 0 saturated carbocycles. The number of hydrogen-bond donors (Lipinski definition) is 0. The van der Waals surface area contributed by atoms with E-state index in [9.17, 15) is 0 Å². The lowest BCUT2D eigenvalue weighted by Crippen LogP contribution is -2.00. The zero-order valence-corrected chi connectivity index (χ0v) is 7.73. The molecule has 0 radical (unpaired) electrons. The van der Waals surface area contributed by atoms with Crippen LogP contribution in [0.25, 0.3) is 5.69 Å². The van der Waals surface area contributed by atoms with Crippen molar-refractivity contribution < 1.29 is 0 Å². The van der Waals surface area contributed by atoms with Crippen molar-refractivity contribution in [3.63, 3.8) is 0 Å². The van der Waals surface area contributed by atoms with Gasteiger partial charge in [0, 0.05) is 0 Å². The first-order valence-corrected chi connectivity index (χ1v) is 4.22. The Kier molecular flexibility index (Phi) is 1.85. The quantitative estimate of drug-likeness (QED) is 0.659. The molecule has 0 N–H and O–H groups in total. The van der Waals surface area contributed by atoms with Gasteiger partial charge >= 0.3 is 0 Å². The second kappa shape index (κ2) is 3.01. The van der Waals surface area contributed by atoms with Crippen molar-refractivity contribution in [2.45, 2.75) is 13.8 Å². The maximum absolute atomic E-state index is 4.01. The van der Waals surface area contributed by atoms with Gasteiger partial charge in [0.15, 0.2) is 0 Å². The molecule has 0 amide bonds. The highest BCUT2D eigenvalue weighted by molar-refractivity contribution is 5.39. The van der Waals surface area contributed by atoms with E-state index in [0.29, 0.717) is 0 Å². The van der Waals surface area contributed by atoms with Gasteiger partial charge in [-0.15, -0.1) is 5.10 Å². The zero-order chi connectivity index (χ0) is 9.26. The molecule has 0 saturated heterocycles. The minimum absolute atomic E-state index is 1.05. The van der Waals surface area contributed by atoms with Crippen LogP contribution in [-0.4, -0.2) is 15.0 Å². The van der Waals surface area contributed by atoms with Gasteiger partial charge in [-0.2, -0.15) is 0 Å². The van der Waals surface area contributed by atoms with Gasteiger partial charge in [-0.3, -0.25) is 0 Å². The van der Waals surface area contributed by atoms with Crippen molar-refractivity contribution in [1.82, 2.24) is 15.0 Å². The SMILES string of the molecule is Cc1ccccc1-n1nncc1C. The number of para-hydroxylation sites is 1. The second-order valence-electron chi connectivity index (χ2n) is 3.07. The van der Waals surface area contributed by atoms with Crippen molar-refractivity contribution in [2.75, 3.05) is 0 Å². The molecule has 2 aromatic rings. The van der Waals surface area contributed by atoms with Crippen LogP contribution < -0.4 is 0 Å². The summed E-state index contributed by atoms with van der Waals surface area (Å²) in [5.74, 6) is 0. The predicted octanol–water partition coefficient (Wildman–Crippen LogP) is 1.88. The first-order valence-electron chi connectivity index (χ1n) is 4.22. The normalized spacial score (nSPS) is 10.3. The van der Waals surface area contributed by atoms with E-state index in [1.54, 1.807) is 6.20 Å². The maximum Gasteiger partial charge on any atom is 0.0726 e. The van der Waals surface area contributed by atoms with Crippen molar-refractivity contribution in [3.05, 3.63) is 41.7 Å². The van der Waals surface area contributed by atoms with Gasteiger partial charge in [-0.05, 0) is 25.5 Å². The van der Waals surface area contributed by atoms with Crippen LogP contribution in [-0.2, 0) is 0 Å². The Morgan fingerprint density at radius 2 is 1.92 bits per heavy atom. The van der Waals surface area contributed by atoms with E-state index in [2.05, 4.69) is 23.3 Å². The van der Waals surface area contributed by atoms with Gasteiger partial charge in [0.05, 0.1) is 17.6 Å². The van der Waals surface area contributed by atoms with E-state index in [-0.39, 0.29) is 0 Å². The third-order valence-corrected chi connectivity index (χ3v) is 2.06. The van der Waals surface area contributed by atoms with Crippen molar-refractivity contribution in [3.8, 4) is 5.69 Å². The van der Waals surface area contributed by atoms with Gasteiger partial charge < -0.3 is 0 Å². The van der Waals surface area contributed by atoms with Crippen LogP contribution in [0.2, 0.25) is 0 Å². The zero-order valence-electron chi connectivity index (χ0n) is 7.73. The molecule has 0 aliphatic carbocycles. The van der Waals surface area contributed by atoms with Crippen LogP contribution in [0, 0.1) is 13.8 Å². The van der Waals surface area contributed by atoms with Crippen LogP contribution in [0.5, 0.6) is 0 Å². The van der Waals surface area contributed by atoms with Gasteiger partial charge in [0.2, 0.25) is 0 Å².